The van der Waals surface area contributed by atoms with Gasteiger partial charge in [0.15, 0.2) is 0 Å². The maximum absolute atomic E-state index is 4.37. The third-order valence-electron chi connectivity index (χ3n) is 3.15. The molecule has 0 bridgehead atoms. The number of aromatic nitrogens is 2. The van der Waals surface area contributed by atoms with Crippen LogP contribution in [0.2, 0.25) is 0 Å². The van der Waals surface area contributed by atoms with Gasteiger partial charge in [-0.15, -0.1) is 0 Å². The van der Waals surface area contributed by atoms with E-state index in [4.69, 9.17) is 0 Å². The van der Waals surface area contributed by atoms with Crippen molar-refractivity contribution >= 4 is 15.9 Å². The van der Waals surface area contributed by atoms with Crippen molar-refractivity contribution in [2.24, 2.45) is 7.05 Å². The van der Waals surface area contributed by atoms with Gasteiger partial charge in [-0.3, -0.25) is 0 Å². The van der Waals surface area contributed by atoms with Gasteiger partial charge in [0, 0.05) is 36.4 Å². The summed E-state index contributed by atoms with van der Waals surface area (Å²) in [6.07, 6.45) is 5.79. The first-order valence-corrected chi connectivity index (χ1v) is 6.86. The number of halogens is 1. The lowest BCUT2D eigenvalue weighted by Gasteiger charge is -2.16. The molecule has 0 amide bonds. The average molecular weight is 308 g/mol. The molecule has 0 saturated heterocycles. The summed E-state index contributed by atoms with van der Waals surface area (Å²) in [5.74, 6) is 1.12. The van der Waals surface area contributed by atoms with Gasteiger partial charge in [-0.2, -0.15) is 0 Å². The van der Waals surface area contributed by atoms with Gasteiger partial charge in [0.05, 0.1) is 0 Å². The Balaban J connectivity index is 2.01. The van der Waals surface area contributed by atoms with Gasteiger partial charge in [-0.25, -0.2) is 4.98 Å². The molecule has 0 aliphatic carbocycles. The molecular formula is C14H18BrN3. The Morgan fingerprint density at radius 3 is 2.56 bits per heavy atom. The van der Waals surface area contributed by atoms with E-state index in [0.717, 1.165) is 23.1 Å². The Kier molecular flexibility index (Phi) is 4.55. The van der Waals surface area contributed by atoms with Crippen molar-refractivity contribution in [3.63, 3.8) is 0 Å². The van der Waals surface area contributed by atoms with Crippen LogP contribution in [0.5, 0.6) is 0 Å². The molecule has 1 atom stereocenters. The lowest BCUT2D eigenvalue weighted by molar-refractivity contribution is 0.534. The number of aryl methyl sites for hydroxylation is 1. The Bertz CT molecular complexity index is 490. The predicted octanol–water partition coefficient (Wildman–Crippen LogP) is 2.56. The van der Waals surface area contributed by atoms with Crippen LogP contribution in [0.4, 0.5) is 0 Å². The third-order valence-corrected chi connectivity index (χ3v) is 3.68. The molecule has 96 valence electrons. The normalized spacial score (nSPS) is 12.6. The summed E-state index contributed by atoms with van der Waals surface area (Å²) in [6, 6.07) is 8.90. The van der Waals surface area contributed by atoms with Gasteiger partial charge in [0.2, 0.25) is 0 Å². The van der Waals surface area contributed by atoms with E-state index >= 15 is 0 Å². The molecule has 0 radical (unpaired) electrons. The summed E-state index contributed by atoms with van der Waals surface area (Å²) in [5, 5.41) is 3.37. The van der Waals surface area contributed by atoms with Crippen LogP contribution in [0.1, 0.15) is 11.4 Å². The van der Waals surface area contributed by atoms with Crippen molar-refractivity contribution in [1.82, 2.24) is 14.9 Å². The lowest BCUT2D eigenvalue weighted by Crippen LogP contribution is -2.30. The zero-order valence-electron chi connectivity index (χ0n) is 10.7. The van der Waals surface area contributed by atoms with E-state index in [2.05, 4.69) is 55.1 Å². The van der Waals surface area contributed by atoms with Gasteiger partial charge < -0.3 is 9.88 Å². The highest BCUT2D eigenvalue weighted by molar-refractivity contribution is 9.10. The number of benzene rings is 1. The molecule has 18 heavy (non-hydrogen) atoms. The molecule has 0 fully saturated rings. The first kappa shape index (κ1) is 13.3. The molecule has 1 N–H and O–H groups in total. The highest BCUT2D eigenvalue weighted by Crippen LogP contribution is 2.13. The fourth-order valence-electron chi connectivity index (χ4n) is 1.99. The maximum Gasteiger partial charge on any atom is 0.109 e. The third kappa shape index (κ3) is 3.43. The zero-order chi connectivity index (χ0) is 13.0. The number of likely N-dealkylation sites (N-methyl/N-ethyl adjacent to an activating group) is 1. The van der Waals surface area contributed by atoms with E-state index < -0.39 is 0 Å². The number of imidazole rings is 1. The van der Waals surface area contributed by atoms with E-state index in [1.807, 2.05) is 26.5 Å². The van der Waals surface area contributed by atoms with Crippen molar-refractivity contribution in [3.05, 3.63) is 52.5 Å². The Hall–Kier alpha value is -1.13. The first-order valence-electron chi connectivity index (χ1n) is 6.07. The standard InChI is InChI=1S/C14H18BrN3/c1-16-13(10-14-17-7-8-18(14)2)9-11-3-5-12(15)6-4-11/h3-8,13,16H,9-10H2,1-2H3. The van der Waals surface area contributed by atoms with Crippen molar-refractivity contribution < 1.29 is 0 Å². The largest absolute Gasteiger partial charge is 0.338 e. The second kappa shape index (κ2) is 6.16. The molecule has 0 aliphatic rings. The van der Waals surface area contributed by atoms with Crippen LogP contribution < -0.4 is 5.32 Å². The van der Waals surface area contributed by atoms with Crippen LogP contribution in [-0.4, -0.2) is 22.6 Å². The van der Waals surface area contributed by atoms with Gasteiger partial charge in [0.1, 0.15) is 5.82 Å². The average Bonchev–Trinajstić information content (AvgIpc) is 2.77. The second-order valence-electron chi connectivity index (χ2n) is 4.47. The van der Waals surface area contributed by atoms with E-state index in [1.165, 1.54) is 5.56 Å². The summed E-state index contributed by atoms with van der Waals surface area (Å²) >= 11 is 3.46. The summed E-state index contributed by atoms with van der Waals surface area (Å²) < 4.78 is 3.20. The summed E-state index contributed by atoms with van der Waals surface area (Å²) in [7, 11) is 4.04. The van der Waals surface area contributed by atoms with Crippen LogP contribution in [0.3, 0.4) is 0 Å². The number of hydrogen-bond donors (Lipinski definition) is 1. The molecule has 1 heterocycles. The molecular weight excluding hydrogens is 290 g/mol. The van der Waals surface area contributed by atoms with Crippen LogP contribution in [0.25, 0.3) is 0 Å². The minimum absolute atomic E-state index is 0.410. The molecule has 2 rings (SSSR count). The minimum Gasteiger partial charge on any atom is -0.338 e. The number of rotatable bonds is 5. The van der Waals surface area contributed by atoms with Crippen molar-refractivity contribution in [3.8, 4) is 0 Å². The predicted molar refractivity (Wildman–Crippen MR) is 77.6 cm³/mol. The highest BCUT2D eigenvalue weighted by Gasteiger charge is 2.11. The SMILES string of the molecule is CNC(Cc1ccc(Br)cc1)Cc1nccn1C. The fourth-order valence-corrected chi connectivity index (χ4v) is 2.26. The Labute approximate surface area is 116 Å². The molecule has 1 unspecified atom stereocenters. The molecule has 3 nitrogen and oxygen atoms in total. The molecule has 1 aromatic heterocycles. The zero-order valence-corrected chi connectivity index (χ0v) is 12.3. The summed E-state index contributed by atoms with van der Waals surface area (Å²) in [6.45, 7) is 0. The van der Waals surface area contributed by atoms with Crippen molar-refractivity contribution in [2.45, 2.75) is 18.9 Å². The molecule has 0 aliphatic heterocycles. The van der Waals surface area contributed by atoms with E-state index in [1.54, 1.807) is 0 Å². The second-order valence-corrected chi connectivity index (χ2v) is 5.39. The quantitative estimate of drug-likeness (QED) is 0.920. The monoisotopic (exact) mass is 307 g/mol. The molecule has 4 heteroatoms. The van der Waals surface area contributed by atoms with Gasteiger partial charge in [0.25, 0.3) is 0 Å². The highest BCUT2D eigenvalue weighted by atomic mass is 79.9. The van der Waals surface area contributed by atoms with Crippen LogP contribution in [0.15, 0.2) is 41.1 Å². The lowest BCUT2D eigenvalue weighted by atomic mass is 10.0. The van der Waals surface area contributed by atoms with Crippen molar-refractivity contribution in [1.29, 1.82) is 0 Å². The maximum atomic E-state index is 4.37. The van der Waals surface area contributed by atoms with E-state index in [9.17, 15) is 0 Å². The smallest absolute Gasteiger partial charge is 0.109 e. The number of nitrogens with one attached hydrogen (secondary N) is 1. The Morgan fingerprint density at radius 1 is 1.28 bits per heavy atom. The first-order chi connectivity index (χ1) is 8.69. The van der Waals surface area contributed by atoms with Gasteiger partial charge in [-0.1, -0.05) is 28.1 Å². The molecule has 0 spiro atoms. The number of nitrogens with zero attached hydrogens (tertiary/aromatic N) is 2. The van der Waals surface area contributed by atoms with Gasteiger partial charge in [-0.05, 0) is 31.2 Å². The van der Waals surface area contributed by atoms with E-state index in [-0.39, 0.29) is 0 Å². The fraction of sp³-hybridized carbons (Fsp3) is 0.357. The topological polar surface area (TPSA) is 29.9 Å². The Morgan fingerprint density at radius 2 is 2.00 bits per heavy atom. The minimum atomic E-state index is 0.410. The molecule has 1 aromatic carbocycles. The van der Waals surface area contributed by atoms with Crippen LogP contribution in [0, 0.1) is 0 Å². The summed E-state index contributed by atoms with van der Waals surface area (Å²) in [4.78, 5) is 4.37. The molecule has 2 aromatic rings. The van der Waals surface area contributed by atoms with Gasteiger partial charge >= 0.3 is 0 Å². The van der Waals surface area contributed by atoms with Crippen LogP contribution >= 0.6 is 15.9 Å². The van der Waals surface area contributed by atoms with Crippen LogP contribution in [-0.2, 0) is 19.9 Å². The van der Waals surface area contributed by atoms with Crippen molar-refractivity contribution in [2.75, 3.05) is 7.05 Å². The number of hydrogen-bond acceptors (Lipinski definition) is 2. The molecule has 0 saturated carbocycles. The summed E-state index contributed by atoms with van der Waals surface area (Å²) in [5.41, 5.74) is 1.34. The van der Waals surface area contributed by atoms with E-state index in [0.29, 0.717) is 6.04 Å².